The van der Waals surface area contributed by atoms with Crippen LogP contribution in [0.3, 0.4) is 0 Å². The van der Waals surface area contributed by atoms with E-state index in [-0.39, 0.29) is 23.4 Å². The second-order valence-electron chi connectivity index (χ2n) is 3.24. The first-order valence-corrected chi connectivity index (χ1v) is 4.58. The summed E-state index contributed by atoms with van der Waals surface area (Å²) in [6.07, 6.45) is -2.05. The van der Waals surface area contributed by atoms with Crippen LogP contribution in [0.1, 0.15) is 22.1 Å². The van der Waals surface area contributed by atoms with Crippen molar-refractivity contribution in [1.29, 1.82) is 0 Å². The van der Waals surface area contributed by atoms with Crippen LogP contribution in [-0.4, -0.2) is 25.3 Å². The molecule has 1 N–H and O–H groups in total. The summed E-state index contributed by atoms with van der Waals surface area (Å²) in [6.45, 7) is -7.78. The molecule has 0 spiro atoms. The van der Waals surface area contributed by atoms with Crippen LogP contribution in [0.4, 0.5) is 4.79 Å². The predicted molar refractivity (Wildman–Crippen MR) is 59.7 cm³/mol. The molecule has 0 saturated carbocycles. The normalized spacial score (nSPS) is 29.0. The van der Waals surface area contributed by atoms with E-state index in [4.69, 9.17) is 20.4 Å². The largest absolute Gasteiger partial charge is 0.490 e. The number of hydrogen-bond donors (Lipinski definition) is 1. The Labute approximate surface area is 106 Å². The number of amides is 1. The zero-order valence-corrected chi connectivity index (χ0v) is 8.24. The topological polar surface area (TPSA) is 47.6 Å². The Morgan fingerprint density at radius 1 is 1.56 bits per heavy atom. The molecule has 1 heterocycles. The second kappa shape index (κ2) is 4.43. The lowest BCUT2D eigenvalue weighted by molar-refractivity contribution is 0.105. The zero-order valence-electron chi connectivity index (χ0n) is 16.2. The van der Waals surface area contributed by atoms with E-state index in [1.54, 1.807) is 0 Å². The maximum absolute atomic E-state index is 11.0. The van der Waals surface area contributed by atoms with Crippen LogP contribution in [0, 0.1) is 13.7 Å². The lowest BCUT2D eigenvalue weighted by atomic mass is 10.1. The summed E-state index contributed by atoms with van der Waals surface area (Å²) < 4.78 is 70.0. The van der Waals surface area contributed by atoms with E-state index in [0.29, 0.717) is 0 Å². The molecule has 16 heavy (non-hydrogen) atoms. The molecule has 0 aromatic heterocycles. The van der Waals surface area contributed by atoms with E-state index in [1.165, 1.54) is 0 Å². The van der Waals surface area contributed by atoms with Crippen molar-refractivity contribution in [1.82, 2.24) is 5.32 Å². The lowest BCUT2D eigenvalue weighted by Crippen LogP contribution is -2.21. The Kier molecular flexibility index (Phi) is 1.29. The summed E-state index contributed by atoms with van der Waals surface area (Å²) in [5, 5.41) is 2.27. The molecule has 1 aromatic rings. The van der Waals surface area contributed by atoms with Crippen LogP contribution < -0.4 is 10.1 Å². The fourth-order valence-corrected chi connectivity index (χ4v) is 1.25. The summed E-state index contributed by atoms with van der Waals surface area (Å²) in [5.74, 6) is -0.275. The molecule has 86 valence electrons. The molecule has 2 rings (SSSR count). The molecule has 0 aliphatic carbocycles. The molecule has 1 aromatic carbocycles. The van der Waals surface area contributed by atoms with Crippen LogP contribution in [0.25, 0.3) is 0 Å². The van der Waals surface area contributed by atoms with Gasteiger partial charge in [-0.05, 0) is 37.0 Å². The van der Waals surface area contributed by atoms with Crippen LogP contribution in [0.2, 0.25) is 0 Å². The highest BCUT2D eigenvalue weighted by Gasteiger charge is 2.22. The Bertz CT molecular complexity index is 608. The number of carbonyl (C=O) groups is 1. The Balaban J connectivity index is 2.37. The molecule has 4 heteroatoms. The van der Waals surface area contributed by atoms with Crippen molar-refractivity contribution < 1.29 is 25.2 Å². The highest BCUT2D eigenvalue weighted by atomic mass is 16.6. The van der Waals surface area contributed by atoms with E-state index in [1.807, 2.05) is 0 Å². The number of rotatable bonds is 3. The number of nitrogens with one attached hydrogen (secondary N) is 1. The van der Waals surface area contributed by atoms with Crippen molar-refractivity contribution in [2.24, 2.45) is 0 Å². The SMILES string of the molecule is [2H]C([2H])([2H])c1cc(OC([2H])([2H])C2CNC(=O)O2)cc(C([2H])([2H])[2H])c1. The molecule has 1 aliphatic heterocycles. The molecule has 4 nitrogen and oxygen atoms in total. The van der Waals surface area contributed by atoms with Gasteiger partial charge in [-0.2, -0.15) is 0 Å². The highest BCUT2D eigenvalue weighted by molar-refractivity contribution is 5.69. The van der Waals surface area contributed by atoms with Crippen molar-refractivity contribution in [3.8, 4) is 5.75 Å². The van der Waals surface area contributed by atoms with Crippen LogP contribution in [0.5, 0.6) is 5.75 Å². The van der Waals surface area contributed by atoms with Crippen molar-refractivity contribution in [2.75, 3.05) is 13.1 Å². The third kappa shape index (κ3) is 2.66. The summed E-state index contributed by atoms with van der Waals surface area (Å²) in [6, 6.07) is 3.11. The molecule has 1 unspecified atom stereocenters. The minimum atomic E-state index is -2.59. The Morgan fingerprint density at radius 2 is 2.31 bits per heavy atom. The number of hydrogen-bond acceptors (Lipinski definition) is 3. The average molecular weight is 229 g/mol. The second-order valence-corrected chi connectivity index (χ2v) is 3.24. The molecule has 1 fully saturated rings. The molecule has 1 saturated heterocycles. The van der Waals surface area contributed by atoms with E-state index in [0.717, 1.165) is 18.2 Å². The van der Waals surface area contributed by atoms with Crippen molar-refractivity contribution in [2.45, 2.75) is 19.8 Å². The number of ether oxygens (including phenoxy) is 2. The highest BCUT2D eigenvalue weighted by Crippen LogP contribution is 2.16. The van der Waals surface area contributed by atoms with Gasteiger partial charge in [-0.15, -0.1) is 0 Å². The van der Waals surface area contributed by atoms with Gasteiger partial charge in [-0.3, -0.25) is 0 Å². The van der Waals surface area contributed by atoms with Gasteiger partial charge in [0.05, 0.1) is 9.29 Å². The van der Waals surface area contributed by atoms with Gasteiger partial charge in [0.1, 0.15) is 12.3 Å². The van der Waals surface area contributed by atoms with Crippen LogP contribution in [0.15, 0.2) is 18.2 Å². The maximum atomic E-state index is 11.0. The smallest absolute Gasteiger partial charge is 0.407 e. The minimum Gasteiger partial charge on any atom is -0.490 e. The van der Waals surface area contributed by atoms with Crippen LogP contribution in [-0.2, 0) is 4.74 Å². The van der Waals surface area contributed by atoms with E-state index < -0.39 is 32.5 Å². The quantitative estimate of drug-likeness (QED) is 0.859. The molecule has 1 atom stereocenters. The van der Waals surface area contributed by atoms with Gasteiger partial charge in [0.25, 0.3) is 0 Å². The summed E-state index contributed by atoms with van der Waals surface area (Å²) >= 11 is 0. The van der Waals surface area contributed by atoms with Gasteiger partial charge < -0.3 is 14.8 Å². The van der Waals surface area contributed by atoms with Gasteiger partial charge in [0.15, 0.2) is 6.10 Å². The number of alkyl carbamates (subject to hydrolysis) is 1. The minimum absolute atomic E-state index is 0.128. The van der Waals surface area contributed by atoms with Gasteiger partial charge in [-0.1, -0.05) is 6.07 Å². The van der Waals surface area contributed by atoms with Crippen molar-refractivity contribution in [3.05, 3.63) is 29.3 Å². The fourth-order valence-electron chi connectivity index (χ4n) is 1.25. The average Bonchev–Trinajstić information content (AvgIpc) is 2.83. The van der Waals surface area contributed by atoms with Gasteiger partial charge in [0, 0.05) is 8.22 Å². The predicted octanol–water partition coefficient (Wildman–Crippen LogP) is 1.79. The molecule has 0 bridgehead atoms. The zero-order chi connectivity index (χ0) is 18.3. The molecular formula is C12H15NO3. The van der Waals surface area contributed by atoms with Crippen molar-refractivity contribution >= 4 is 6.09 Å². The number of carbonyl (C=O) groups excluding carboxylic acids is 1. The third-order valence-electron chi connectivity index (χ3n) is 1.90. The molecule has 0 radical (unpaired) electrons. The maximum Gasteiger partial charge on any atom is 0.407 e. The first-order valence-electron chi connectivity index (χ1n) is 8.58. The first kappa shape index (κ1) is 4.65. The number of cyclic esters (lactones) is 1. The lowest BCUT2D eigenvalue weighted by Gasteiger charge is -2.11. The number of aryl methyl sites for hydroxylation is 2. The molecular weight excluding hydrogens is 206 g/mol. The van der Waals surface area contributed by atoms with Gasteiger partial charge in [0.2, 0.25) is 0 Å². The fraction of sp³-hybridized carbons (Fsp3) is 0.417. The summed E-state index contributed by atoms with van der Waals surface area (Å²) in [4.78, 5) is 11.0. The van der Waals surface area contributed by atoms with E-state index in [2.05, 4.69) is 5.32 Å². The van der Waals surface area contributed by atoms with Gasteiger partial charge in [-0.25, -0.2) is 4.79 Å². The summed E-state index contributed by atoms with van der Waals surface area (Å²) in [7, 11) is 0. The summed E-state index contributed by atoms with van der Waals surface area (Å²) in [5.41, 5.74) is -0.577. The third-order valence-corrected chi connectivity index (χ3v) is 1.90. The van der Waals surface area contributed by atoms with Crippen LogP contribution >= 0.6 is 0 Å². The molecule has 1 amide bonds. The standard InChI is InChI=1S/C12H15NO3/c1-8-3-9(2)5-10(4-8)15-7-11-6-13-12(14)16-11/h3-5,11H,6-7H2,1-2H3,(H,13,14)/i1D3,2D3,7D2. The molecule has 1 aliphatic rings. The Morgan fingerprint density at radius 3 is 2.88 bits per heavy atom. The first-order chi connectivity index (χ1) is 10.8. The Hall–Kier alpha value is -1.71. The monoisotopic (exact) mass is 229 g/mol. The van der Waals surface area contributed by atoms with E-state index >= 15 is 0 Å². The van der Waals surface area contributed by atoms with E-state index in [9.17, 15) is 4.79 Å². The van der Waals surface area contributed by atoms with Gasteiger partial charge >= 0.3 is 6.09 Å². The number of benzene rings is 1. The van der Waals surface area contributed by atoms with Crippen molar-refractivity contribution in [3.63, 3.8) is 0 Å².